The number of benzene rings is 2. The molecule has 0 fully saturated rings. The van der Waals surface area contributed by atoms with Crippen molar-refractivity contribution in [3.05, 3.63) is 71.1 Å². The number of phenols is 1. The molecule has 0 bridgehead atoms. The topological polar surface area (TPSA) is 108 Å². The van der Waals surface area contributed by atoms with Gasteiger partial charge in [-0.25, -0.2) is 18.6 Å². The highest BCUT2D eigenvalue weighted by atomic mass is 19.1. The van der Waals surface area contributed by atoms with Crippen molar-refractivity contribution in [3.8, 4) is 34.5 Å². The Hall–Kier alpha value is -4.45. The van der Waals surface area contributed by atoms with Crippen molar-refractivity contribution in [2.75, 3.05) is 7.11 Å². The van der Waals surface area contributed by atoms with E-state index in [4.69, 9.17) is 4.74 Å². The number of ether oxygens (including phenoxy) is 1. The first-order valence-electron chi connectivity index (χ1n) is 11.0. The molecule has 4 rings (SSSR count). The zero-order chi connectivity index (χ0) is 26.4. The SMILES string of the molecule is COc1nc(C(=O)O)ccc1-c1c(C(C)(C)CC#N)n(-c2ccc(F)c(C)c2)c2cc(F)cc(O)c12. The molecule has 0 amide bonds. The average molecular weight is 491 g/mol. The average Bonchev–Trinajstić information content (AvgIpc) is 3.16. The summed E-state index contributed by atoms with van der Waals surface area (Å²) in [7, 11) is 1.33. The summed E-state index contributed by atoms with van der Waals surface area (Å²) in [4.78, 5) is 15.6. The molecule has 2 heterocycles. The van der Waals surface area contributed by atoms with Gasteiger partial charge in [0.25, 0.3) is 0 Å². The van der Waals surface area contributed by atoms with Crippen LogP contribution < -0.4 is 4.74 Å². The monoisotopic (exact) mass is 491 g/mol. The van der Waals surface area contributed by atoms with Crippen LogP contribution >= 0.6 is 0 Å². The Morgan fingerprint density at radius 1 is 1.19 bits per heavy atom. The van der Waals surface area contributed by atoms with Gasteiger partial charge in [-0.05, 0) is 48.9 Å². The second-order valence-corrected chi connectivity index (χ2v) is 9.09. The van der Waals surface area contributed by atoms with Crippen LogP contribution in [0, 0.1) is 29.9 Å². The summed E-state index contributed by atoms with van der Waals surface area (Å²) in [6.45, 7) is 5.24. The Morgan fingerprint density at radius 2 is 1.92 bits per heavy atom. The summed E-state index contributed by atoms with van der Waals surface area (Å²) >= 11 is 0. The number of aromatic carboxylic acids is 1. The molecule has 0 atom stereocenters. The number of nitrogens with zero attached hydrogens (tertiary/aromatic N) is 3. The molecule has 0 unspecified atom stereocenters. The molecule has 0 aliphatic rings. The molecule has 184 valence electrons. The molecule has 0 saturated carbocycles. The summed E-state index contributed by atoms with van der Waals surface area (Å²) in [6, 6.07) is 11.6. The number of hydrogen-bond acceptors (Lipinski definition) is 5. The van der Waals surface area contributed by atoms with E-state index in [0.717, 1.165) is 6.07 Å². The van der Waals surface area contributed by atoms with Crippen molar-refractivity contribution >= 4 is 16.9 Å². The van der Waals surface area contributed by atoms with Crippen molar-refractivity contribution in [2.45, 2.75) is 32.6 Å². The molecule has 0 aliphatic heterocycles. The van der Waals surface area contributed by atoms with Crippen LogP contribution in [0.5, 0.6) is 11.6 Å². The normalized spacial score (nSPS) is 11.5. The van der Waals surface area contributed by atoms with Crippen molar-refractivity contribution in [3.63, 3.8) is 0 Å². The molecule has 2 aromatic carbocycles. The van der Waals surface area contributed by atoms with Gasteiger partial charge in [-0.1, -0.05) is 13.8 Å². The Labute approximate surface area is 205 Å². The van der Waals surface area contributed by atoms with Crippen molar-refractivity contribution in [1.82, 2.24) is 9.55 Å². The number of aromatic hydroxyl groups is 1. The van der Waals surface area contributed by atoms with Crippen molar-refractivity contribution in [1.29, 1.82) is 5.26 Å². The smallest absolute Gasteiger partial charge is 0.354 e. The largest absolute Gasteiger partial charge is 0.507 e. The zero-order valence-corrected chi connectivity index (χ0v) is 20.1. The minimum Gasteiger partial charge on any atom is -0.507 e. The molecule has 4 aromatic rings. The lowest BCUT2D eigenvalue weighted by molar-refractivity contribution is 0.0689. The Bertz CT molecular complexity index is 1570. The summed E-state index contributed by atoms with van der Waals surface area (Å²) < 4.78 is 35.9. The number of fused-ring (bicyclic) bond motifs is 1. The quantitative estimate of drug-likeness (QED) is 0.349. The molecule has 0 spiro atoms. The van der Waals surface area contributed by atoms with E-state index in [1.54, 1.807) is 17.6 Å². The predicted octanol–water partition coefficient (Wildman–Crippen LogP) is 5.88. The highest BCUT2D eigenvalue weighted by molar-refractivity contribution is 6.04. The Balaban J connectivity index is 2.26. The predicted molar refractivity (Wildman–Crippen MR) is 130 cm³/mol. The first-order valence-corrected chi connectivity index (χ1v) is 11.0. The molecule has 2 aromatic heterocycles. The minimum absolute atomic E-state index is 0.0260. The Morgan fingerprint density at radius 3 is 2.53 bits per heavy atom. The maximum atomic E-state index is 14.6. The van der Waals surface area contributed by atoms with E-state index >= 15 is 0 Å². The van der Waals surface area contributed by atoms with Crippen LogP contribution in [0.3, 0.4) is 0 Å². The molecular weight excluding hydrogens is 468 g/mol. The summed E-state index contributed by atoms with van der Waals surface area (Å²) in [5, 5.41) is 30.2. The number of nitriles is 1. The second kappa shape index (κ2) is 8.96. The lowest BCUT2D eigenvalue weighted by atomic mass is 9.82. The number of carbonyl (C=O) groups is 1. The van der Waals surface area contributed by atoms with Crippen LogP contribution in [0.1, 0.15) is 42.0 Å². The van der Waals surface area contributed by atoms with Crippen LogP contribution in [-0.2, 0) is 5.41 Å². The highest BCUT2D eigenvalue weighted by Crippen LogP contribution is 2.49. The van der Waals surface area contributed by atoms with Gasteiger partial charge in [-0.3, -0.25) is 0 Å². The van der Waals surface area contributed by atoms with Gasteiger partial charge in [0.15, 0.2) is 5.69 Å². The number of methoxy groups -OCH3 is 1. The number of pyridine rings is 1. The molecule has 0 aliphatic carbocycles. The first kappa shape index (κ1) is 24.7. The van der Waals surface area contributed by atoms with Crippen LogP contribution in [0.15, 0.2) is 42.5 Å². The maximum Gasteiger partial charge on any atom is 0.354 e. The van der Waals surface area contributed by atoms with Gasteiger partial charge < -0.3 is 19.5 Å². The fourth-order valence-corrected chi connectivity index (χ4v) is 4.49. The number of phenolic OH excluding ortho intramolecular Hbond substituents is 1. The van der Waals surface area contributed by atoms with Crippen molar-refractivity contribution in [2.24, 2.45) is 0 Å². The fourth-order valence-electron chi connectivity index (χ4n) is 4.49. The number of halogens is 2. The molecule has 0 radical (unpaired) electrons. The third-order valence-electron chi connectivity index (χ3n) is 6.12. The number of aryl methyl sites for hydroxylation is 1. The lowest BCUT2D eigenvalue weighted by Crippen LogP contribution is -2.22. The maximum absolute atomic E-state index is 14.6. The van der Waals surface area contributed by atoms with Crippen LogP contribution in [-0.4, -0.2) is 32.8 Å². The zero-order valence-electron chi connectivity index (χ0n) is 20.1. The van der Waals surface area contributed by atoms with E-state index < -0.39 is 23.0 Å². The van der Waals surface area contributed by atoms with Gasteiger partial charge in [-0.15, -0.1) is 0 Å². The lowest BCUT2D eigenvalue weighted by Gasteiger charge is -2.27. The molecule has 36 heavy (non-hydrogen) atoms. The number of carboxylic acid groups (broad SMARTS) is 1. The second-order valence-electron chi connectivity index (χ2n) is 9.09. The molecular formula is C27H23F2N3O4. The van der Waals surface area contributed by atoms with Crippen LogP contribution in [0.25, 0.3) is 27.7 Å². The van der Waals surface area contributed by atoms with Gasteiger partial charge in [0.2, 0.25) is 5.88 Å². The Kier molecular flexibility index (Phi) is 6.14. The number of hydrogen-bond donors (Lipinski definition) is 2. The van der Waals surface area contributed by atoms with E-state index in [1.807, 2.05) is 13.8 Å². The van der Waals surface area contributed by atoms with Gasteiger partial charge in [0.1, 0.15) is 17.4 Å². The van der Waals surface area contributed by atoms with Crippen LogP contribution in [0.4, 0.5) is 8.78 Å². The van der Waals surface area contributed by atoms with E-state index in [1.165, 1.54) is 37.4 Å². The van der Waals surface area contributed by atoms with E-state index in [-0.39, 0.29) is 34.6 Å². The third kappa shape index (κ3) is 4.01. The molecule has 0 saturated heterocycles. The minimum atomic E-state index is -1.25. The summed E-state index contributed by atoms with van der Waals surface area (Å²) in [6.07, 6.45) is 0.0443. The van der Waals surface area contributed by atoms with E-state index in [2.05, 4.69) is 11.1 Å². The summed E-state index contributed by atoms with van der Waals surface area (Å²) in [5.74, 6) is -2.76. The standard InChI is InChI=1S/C27H23F2N3O4/c1-14-11-16(5-7-18(14)29)32-20-12-15(28)13-21(33)23(20)22(24(32)27(2,3)9-10-30)17-6-8-19(26(34)35)31-25(17)36-4/h5-8,11-13,33H,9H2,1-4H3,(H,34,35). The van der Waals surface area contributed by atoms with E-state index in [0.29, 0.717) is 28.1 Å². The molecule has 7 nitrogen and oxygen atoms in total. The number of rotatable bonds is 6. The molecule has 2 N–H and O–H groups in total. The number of carboxylic acids is 1. The van der Waals surface area contributed by atoms with Gasteiger partial charge in [0.05, 0.1) is 24.1 Å². The third-order valence-corrected chi connectivity index (χ3v) is 6.12. The van der Waals surface area contributed by atoms with Crippen molar-refractivity contribution < 1.29 is 28.5 Å². The van der Waals surface area contributed by atoms with Gasteiger partial charge >= 0.3 is 5.97 Å². The van der Waals surface area contributed by atoms with Gasteiger partial charge in [-0.2, -0.15) is 5.26 Å². The van der Waals surface area contributed by atoms with E-state index in [9.17, 15) is 29.1 Å². The fraction of sp³-hybridized carbons (Fsp3) is 0.222. The molecule has 9 heteroatoms. The highest BCUT2D eigenvalue weighted by Gasteiger charge is 2.34. The van der Waals surface area contributed by atoms with Gasteiger partial charge in [0, 0.05) is 40.4 Å². The summed E-state index contributed by atoms with van der Waals surface area (Å²) in [5.41, 5.74) is 1.25. The number of aromatic nitrogens is 2. The van der Waals surface area contributed by atoms with Crippen LogP contribution in [0.2, 0.25) is 0 Å². The first-order chi connectivity index (χ1) is 17.0.